The number of carbonyl (C=O) groups excluding carboxylic acids is 1. The van der Waals surface area contributed by atoms with Gasteiger partial charge in [0.15, 0.2) is 0 Å². The van der Waals surface area contributed by atoms with Gasteiger partial charge in [-0.05, 0) is 39.9 Å². The Hall–Kier alpha value is -0.350. The molecule has 0 aromatic carbocycles. The third-order valence-electron chi connectivity index (χ3n) is 2.52. The number of thiophene rings is 1. The highest BCUT2D eigenvalue weighted by molar-refractivity contribution is 9.11. The van der Waals surface area contributed by atoms with E-state index in [1.54, 1.807) is 0 Å². The zero-order valence-corrected chi connectivity index (χ0v) is 11.6. The van der Waals surface area contributed by atoms with Gasteiger partial charge in [0.25, 0.3) is 5.91 Å². The fourth-order valence-corrected chi connectivity index (χ4v) is 2.32. The predicted octanol–water partition coefficient (Wildman–Crippen LogP) is 3.53. The third kappa shape index (κ3) is 3.95. The van der Waals surface area contributed by atoms with Crippen molar-refractivity contribution in [2.24, 2.45) is 11.8 Å². The van der Waals surface area contributed by atoms with E-state index in [1.807, 2.05) is 12.1 Å². The number of halogens is 1. The van der Waals surface area contributed by atoms with Crippen molar-refractivity contribution in [3.05, 3.63) is 20.8 Å². The van der Waals surface area contributed by atoms with E-state index in [9.17, 15) is 4.79 Å². The lowest BCUT2D eigenvalue weighted by Gasteiger charge is -2.15. The van der Waals surface area contributed by atoms with Crippen LogP contribution in [0.2, 0.25) is 0 Å². The highest BCUT2D eigenvalue weighted by Gasteiger charge is 2.11. The minimum Gasteiger partial charge on any atom is -0.351 e. The smallest absolute Gasteiger partial charge is 0.261 e. The summed E-state index contributed by atoms with van der Waals surface area (Å²) >= 11 is 4.80. The van der Waals surface area contributed by atoms with Crippen molar-refractivity contribution in [3.63, 3.8) is 0 Å². The molecule has 15 heavy (non-hydrogen) atoms. The third-order valence-corrected chi connectivity index (χ3v) is 4.14. The molecule has 0 aliphatic rings. The highest BCUT2D eigenvalue weighted by atomic mass is 79.9. The van der Waals surface area contributed by atoms with Crippen molar-refractivity contribution in [1.29, 1.82) is 0 Å². The van der Waals surface area contributed by atoms with Gasteiger partial charge in [-0.3, -0.25) is 4.79 Å². The van der Waals surface area contributed by atoms with E-state index in [1.165, 1.54) is 11.3 Å². The fourth-order valence-electron chi connectivity index (χ4n) is 1.01. The van der Waals surface area contributed by atoms with Gasteiger partial charge in [0.2, 0.25) is 0 Å². The highest BCUT2D eigenvalue weighted by Crippen LogP contribution is 2.21. The molecule has 0 saturated heterocycles. The van der Waals surface area contributed by atoms with Crippen LogP contribution in [0.5, 0.6) is 0 Å². The molecule has 1 unspecified atom stereocenters. The minimum absolute atomic E-state index is 0.0261. The average molecular weight is 290 g/mol. The first-order valence-electron chi connectivity index (χ1n) is 5.04. The molecule has 4 heteroatoms. The van der Waals surface area contributed by atoms with E-state index in [-0.39, 0.29) is 5.91 Å². The Morgan fingerprint density at radius 3 is 2.60 bits per heavy atom. The molecular formula is C11H16BrNOS. The van der Waals surface area contributed by atoms with Crippen LogP contribution in [-0.4, -0.2) is 12.5 Å². The summed E-state index contributed by atoms with van der Waals surface area (Å²) in [7, 11) is 0. The molecule has 1 aromatic heterocycles. The molecule has 1 rings (SSSR count). The molecule has 0 aliphatic heterocycles. The molecule has 0 spiro atoms. The van der Waals surface area contributed by atoms with Crippen LogP contribution in [0.25, 0.3) is 0 Å². The molecular weight excluding hydrogens is 274 g/mol. The Morgan fingerprint density at radius 2 is 2.13 bits per heavy atom. The van der Waals surface area contributed by atoms with E-state index in [2.05, 4.69) is 42.0 Å². The van der Waals surface area contributed by atoms with Gasteiger partial charge in [-0.15, -0.1) is 11.3 Å². The number of rotatable bonds is 4. The molecule has 0 bridgehead atoms. The van der Waals surface area contributed by atoms with Crippen molar-refractivity contribution >= 4 is 33.2 Å². The number of nitrogens with one attached hydrogen (secondary N) is 1. The first-order valence-corrected chi connectivity index (χ1v) is 6.65. The van der Waals surface area contributed by atoms with E-state index < -0.39 is 0 Å². The molecule has 1 aromatic rings. The lowest BCUT2D eigenvalue weighted by molar-refractivity contribution is 0.0949. The van der Waals surface area contributed by atoms with Crippen molar-refractivity contribution in [3.8, 4) is 0 Å². The maximum absolute atomic E-state index is 11.7. The zero-order valence-electron chi connectivity index (χ0n) is 9.21. The van der Waals surface area contributed by atoms with Gasteiger partial charge in [0, 0.05) is 6.54 Å². The zero-order chi connectivity index (χ0) is 11.4. The first kappa shape index (κ1) is 12.7. The number of amides is 1. The SMILES string of the molecule is CC(C)C(C)CNC(=O)c1ccc(Br)s1. The number of hydrogen-bond acceptors (Lipinski definition) is 2. The van der Waals surface area contributed by atoms with Crippen LogP contribution >= 0.6 is 27.3 Å². The lowest BCUT2D eigenvalue weighted by atomic mass is 9.98. The quantitative estimate of drug-likeness (QED) is 0.903. The van der Waals surface area contributed by atoms with Crippen LogP contribution in [0.1, 0.15) is 30.4 Å². The molecule has 0 radical (unpaired) electrons. The van der Waals surface area contributed by atoms with Crippen molar-refractivity contribution in [2.45, 2.75) is 20.8 Å². The molecule has 0 aliphatic carbocycles. The molecule has 2 nitrogen and oxygen atoms in total. The van der Waals surface area contributed by atoms with Gasteiger partial charge in [0.05, 0.1) is 8.66 Å². The van der Waals surface area contributed by atoms with Crippen LogP contribution in [0.4, 0.5) is 0 Å². The summed E-state index contributed by atoms with van der Waals surface area (Å²) in [5, 5.41) is 2.94. The summed E-state index contributed by atoms with van der Waals surface area (Å²) in [5.41, 5.74) is 0. The van der Waals surface area contributed by atoms with Gasteiger partial charge in [-0.2, -0.15) is 0 Å². The van der Waals surface area contributed by atoms with Crippen LogP contribution in [-0.2, 0) is 0 Å². The summed E-state index contributed by atoms with van der Waals surface area (Å²) in [6.07, 6.45) is 0. The van der Waals surface area contributed by atoms with Crippen LogP contribution in [0, 0.1) is 11.8 Å². The van der Waals surface area contributed by atoms with E-state index in [4.69, 9.17) is 0 Å². The first-order chi connectivity index (χ1) is 7.00. The average Bonchev–Trinajstić information content (AvgIpc) is 2.60. The Balaban J connectivity index is 2.43. The Morgan fingerprint density at radius 1 is 1.47 bits per heavy atom. The number of hydrogen-bond donors (Lipinski definition) is 1. The number of carbonyl (C=O) groups is 1. The molecule has 0 saturated carbocycles. The van der Waals surface area contributed by atoms with Gasteiger partial charge in [-0.1, -0.05) is 20.8 Å². The fraction of sp³-hybridized carbons (Fsp3) is 0.545. The van der Waals surface area contributed by atoms with Gasteiger partial charge >= 0.3 is 0 Å². The summed E-state index contributed by atoms with van der Waals surface area (Å²) in [4.78, 5) is 12.4. The minimum atomic E-state index is 0.0261. The second-order valence-electron chi connectivity index (χ2n) is 4.04. The largest absolute Gasteiger partial charge is 0.351 e. The van der Waals surface area contributed by atoms with Gasteiger partial charge in [0.1, 0.15) is 0 Å². The summed E-state index contributed by atoms with van der Waals surface area (Å²) in [6, 6.07) is 3.73. The van der Waals surface area contributed by atoms with E-state index >= 15 is 0 Å². The van der Waals surface area contributed by atoms with Crippen LogP contribution < -0.4 is 5.32 Å². The topological polar surface area (TPSA) is 29.1 Å². The lowest BCUT2D eigenvalue weighted by Crippen LogP contribution is -2.29. The normalized spacial score (nSPS) is 12.9. The second kappa shape index (κ2) is 5.66. The maximum atomic E-state index is 11.7. The molecule has 84 valence electrons. The van der Waals surface area contributed by atoms with Crippen molar-refractivity contribution < 1.29 is 4.79 Å². The molecule has 1 N–H and O–H groups in total. The van der Waals surface area contributed by atoms with E-state index in [0.29, 0.717) is 11.8 Å². The molecule has 1 heterocycles. The Bertz CT molecular complexity index is 335. The molecule has 0 fully saturated rings. The van der Waals surface area contributed by atoms with E-state index in [0.717, 1.165) is 15.2 Å². The van der Waals surface area contributed by atoms with Gasteiger partial charge < -0.3 is 5.32 Å². The van der Waals surface area contributed by atoms with Crippen LogP contribution in [0.3, 0.4) is 0 Å². The standard InChI is InChI=1S/C11H16BrNOS/c1-7(2)8(3)6-13-11(14)9-4-5-10(12)15-9/h4-5,7-8H,6H2,1-3H3,(H,13,14). The van der Waals surface area contributed by atoms with Crippen LogP contribution in [0.15, 0.2) is 15.9 Å². The molecule has 1 amide bonds. The van der Waals surface area contributed by atoms with Gasteiger partial charge in [-0.25, -0.2) is 0 Å². The summed E-state index contributed by atoms with van der Waals surface area (Å²) < 4.78 is 0.990. The maximum Gasteiger partial charge on any atom is 0.261 e. The predicted molar refractivity (Wildman–Crippen MR) is 68.4 cm³/mol. The Kier molecular flexibility index (Phi) is 4.80. The molecule has 1 atom stereocenters. The van der Waals surface area contributed by atoms with Crippen molar-refractivity contribution in [1.82, 2.24) is 5.32 Å². The second-order valence-corrected chi connectivity index (χ2v) is 6.50. The monoisotopic (exact) mass is 289 g/mol. The van der Waals surface area contributed by atoms with Crippen molar-refractivity contribution in [2.75, 3.05) is 6.54 Å². The Labute approximate surface area is 103 Å². The summed E-state index contributed by atoms with van der Waals surface area (Å²) in [6.45, 7) is 7.22. The summed E-state index contributed by atoms with van der Waals surface area (Å²) in [5.74, 6) is 1.14.